The molecule has 114 valence electrons. The number of carbonyl (C=O) groups excluding carboxylic acids is 1. The molecule has 0 radical (unpaired) electrons. The molecule has 0 atom stereocenters. The molecule has 0 aliphatic carbocycles. The van der Waals surface area contributed by atoms with Crippen LogP contribution in [0.1, 0.15) is 15.2 Å². The van der Waals surface area contributed by atoms with E-state index in [1.807, 2.05) is 31.2 Å². The first-order chi connectivity index (χ1) is 11.1. The second kappa shape index (κ2) is 5.10. The number of H-pyrrole nitrogens is 2. The lowest BCUT2D eigenvalue weighted by molar-refractivity contribution is 0.103. The molecule has 2 aromatic carbocycles. The number of rotatable bonds is 2. The third-order valence-electron chi connectivity index (χ3n) is 3.82. The molecule has 0 fully saturated rings. The predicted octanol–water partition coefficient (Wildman–Crippen LogP) is 3.63. The highest BCUT2D eigenvalue weighted by molar-refractivity contribution is 7.21. The number of fused-ring (bicyclic) bond motifs is 2. The number of thiophene rings is 1. The van der Waals surface area contributed by atoms with Crippen molar-refractivity contribution in [3.05, 3.63) is 63.4 Å². The monoisotopic (exact) mass is 323 g/mol. The second-order valence-electron chi connectivity index (χ2n) is 5.35. The van der Waals surface area contributed by atoms with E-state index in [1.165, 1.54) is 11.3 Å². The first-order valence-corrected chi connectivity index (χ1v) is 7.95. The second-order valence-corrected chi connectivity index (χ2v) is 6.40. The van der Waals surface area contributed by atoms with E-state index >= 15 is 0 Å². The normalized spacial score (nSPS) is 11.2. The van der Waals surface area contributed by atoms with Crippen molar-refractivity contribution in [2.75, 3.05) is 5.32 Å². The summed E-state index contributed by atoms with van der Waals surface area (Å²) in [4.78, 5) is 29.9. The minimum atomic E-state index is -0.260. The van der Waals surface area contributed by atoms with Gasteiger partial charge in [0.25, 0.3) is 5.91 Å². The Labute approximate surface area is 135 Å². The van der Waals surface area contributed by atoms with Gasteiger partial charge in [-0.05, 0) is 42.1 Å². The van der Waals surface area contributed by atoms with Crippen LogP contribution in [-0.4, -0.2) is 15.9 Å². The summed E-state index contributed by atoms with van der Waals surface area (Å²) < 4.78 is 1.10. The number of carbonyl (C=O) groups is 1. The first-order valence-electron chi connectivity index (χ1n) is 7.13. The first kappa shape index (κ1) is 13.8. The van der Waals surface area contributed by atoms with Crippen LogP contribution in [0.25, 0.3) is 21.1 Å². The van der Waals surface area contributed by atoms with Crippen molar-refractivity contribution in [1.29, 1.82) is 0 Å². The SMILES string of the molecule is Cc1c(C(=O)Nc2ccc3[nH]c(=O)[nH]c3c2)sc2ccccc12. The highest BCUT2D eigenvalue weighted by Crippen LogP contribution is 2.31. The molecule has 0 saturated carbocycles. The summed E-state index contributed by atoms with van der Waals surface area (Å²) in [6, 6.07) is 13.3. The van der Waals surface area contributed by atoms with E-state index in [2.05, 4.69) is 15.3 Å². The molecule has 3 N–H and O–H groups in total. The van der Waals surface area contributed by atoms with E-state index in [-0.39, 0.29) is 11.6 Å². The maximum atomic E-state index is 12.6. The molecule has 0 aliphatic rings. The number of nitrogens with one attached hydrogen (secondary N) is 3. The molecule has 0 spiro atoms. The van der Waals surface area contributed by atoms with Crippen molar-refractivity contribution in [1.82, 2.24) is 9.97 Å². The van der Waals surface area contributed by atoms with E-state index in [0.29, 0.717) is 21.6 Å². The van der Waals surface area contributed by atoms with Gasteiger partial charge in [-0.25, -0.2) is 4.79 Å². The van der Waals surface area contributed by atoms with E-state index in [1.54, 1.807) is 18.2 Å². The Kier molecular flexibility index (Phi) is 3.06. The summed E-state index contributed by atoms with van der Waals surface area (Å²) in [5.41, 5.74) is 2.75. The summed E-state index contributed by atoms with van der Waals surface area (Å²) in [5.74, 6) is -0.138. The topological polar surface area (TPSA) is 77.8 Å². The molecule has 1 amide bonds. The van der Waals surface area contributed by atoms with Crippen molar-refractivity contribution in [3.63, 3.8) is 0 Å². The molecular weight excluding hydrogens is 310 g/mol. The highest BCUT2D eigenvalue weighted by atomic mass is 32.1. The maximum absolute atomic E-state index is 12.6. The number of hydrogen-bond acceptors (Lipinski definition) is 3. The van der Waals surface area contributed by atoms with Crippen molar-refractivity contribution >= 4 is 44.1 Å². The molecule has 2 aromatic heterocycles. The molecule has 5 nitrogen and oxygen atoms in total. The molecular formula is C17H13N3O2S. The quantitative estimate of drug-likeness (QED) is 0.527. The van der Waals surface area contributed by atoms with Gasteiger partial charge in [0, 0.05) is 10.4 Å². The van der Waals surface area contributed by atoms with Crippen LogP contribution >= 0.6 is 11.3 Å². The molecule has 6 heteroatoms. The van der Waals surface area contributed by atoms with Crippen molar-refractivity contribution in [3.8, 4) is 0 Å². The zero-order valence-electron chi connectivity index (χ0n) is 12.3. The van der Waals surface area contributed by atoms with Gasteiger partial charge in [-0.2, -0.15) is 0 Å². The maximum Gasteiger partial charge on any atom is 0.323 e. The minimum absolute atomic E-state index is 0.138. The van der Waals surface area contributed by atoms with Crippen molar-refractivity contribution in [2.24, 2.45) is 0 Å². The Morgan fingerprint density at radius 3 is 2.70 bits per heavy atom. The Morgan fingerprint density at radius 1 is 1.09 bits per heavy atom. The lowest BCUT2D eigenvalue weighted by Crippen LogP contribution is -2.11. The van der Waals surface area contributed by atoms with Crippen LogP contribution in [0.3, 0.4) is 0 Å². The van der Waals surface area contributed by atoms with E-state index in [0.717, 1.165) is 15.6 Å². The Bertz CT molecular complexity index is 1100. The van der Waals surface area contributed by atoms with Crippen LogP contribution in [0.2, 0.25) is 0 Å². The van der Waals surface area contributed by atoms with Gasteiger partial charge in [-0.3, -0.25) is 4.79 Å². The van der Waals surface area contributed by atoms with Crippen LogP contribution in [0, 0.1) is 6.92 Å². The smallest absolute Gasteiger partial charge is 0.321 e. The standard InChI is InChI=1S/C17H13N3O2S/c1-9-11-4-2-3-5-14(11)23-15(9)16(21)18-10-6-7-12-13(8-10)20-17(22)19-12/h2-8H,1H3,(H,18,21)(H2,19,20,22). The summed E-state index contributed by atoms with van der Waals surface area (Å²) >= 11 is 1.48. The van der Waals surface area contributed by atoms with Crippen LogP contribution in [-0.2, 0) is 0 Å². The number of aryl methyl sites for hydroxylation is 1. The minimum Gasteiger partial charge on any atom is -0.321 e. The summed E-state index contributed by atoms with van der Waals surface area (Å²) in [5, 5.41) is 4.00. The number of hydrogen-bond donors (Lipinski definition) is 3. The number of anilines is 1. The lowest BCUT2D eigenvalue weighted by atomic mass is 10.1. The number of amides is 1. The highest BCUT2D eigenvalue weighted by Gasteiger charge is 2.15. The van der Waals surface area contributed by atoms with Gasteiger partial charge in [0.1, 0.15) is 0 Å². The van der Waals surface area contributed by atoms with Gasteiger partial charge in [0.05, 0.1) is 15.9 Å². The van der Waals surface area contributed by atoms with Gasteiger partial charge >= 0.3 is 5.69 Å². The van der Waals surface area contributed by atoms with Gasteiger partial charge < -0.3 is 15.3 Å². The molecule has 23 heavy (non-hydrogen) atoms. The average Bonchev–Trinajstić information content (AvgIpc) is 3.07. The summed E-state index contributed by atoms with van der Waals surface area (Å²) in [6.07, 6.45) is 0. The number of benzene rings is 2. The van der Waals surface area contributed by atoms with E-state index in [9.17, 15) is 9.59 Å². The summed E-state index contributed by atoms with van der Waals surface area (Å²) in [6.45, 7) is 1.96. The van der Waals surface area contributed by atoms with Crippen molar-refractivity contribution in [2.45, 2.75) is 6.92 Å². The predicted molar refractivity (Wildman–Crippen MR) is 93.4 cm³/mol. The fourth-order valence-electron chi connectivity index (χ4n) is 2.69. The largest absolute Gasteiger partial charge is 0.323 e. The lowest BCUT2D eigenvalue weighted by Gasteiger charge is -2.04. The fourth-order valence-corrected chi connectivity index (χ4v) is 3.79. The van der Waals surface area contributed by atoms with Gasteiger partial charge in [0.15, 0.2) is 0 Å². The zero-order chi connectivity index (χ0) is 16.0. The third-order valence-corrected chi connectivity index (χ3v) is 5.10. The Morgan fingerprint density at radius 2 is 1.87 bits per heavy atom. The van der Waals surface area contributed by atoms with Crippen LogP contribution < -0.4 is 11.0 Å². The Hall–Kier alpha value is -2.86. The molecule has 2 heterocycles. The fraction of sp³-hybridized carbons (Fsp3) is 0.0588. The van der Waals surface area contributed by atoms with Crippen LogP contribution in [0.4, 0.5) is 5.69 Å². The van der Waals surface area contributed by atoms with E-state index < -0.39 is 0 Å². The third kappa shape index (κ3) is 2.33. The van der Waals surface area contributed by atoms with Crippen molar-refractivity contribution < 1.29 is 4.79 Å². The molecule has 0 saturated heterocycles. The number of imidazole rings is 1. The van der Waals surface area contributed by atoms with Gasteiger partial charge in [-0.1, -0.05) is 18.2 Å². The number of aromatic nitrogens is 2. The average molecular weight is 323 g/mol. The van der Waals surface area contributed by atoms with Gasteiger partial charge in [0.2, 0.25) is 0 Å². The Balaban J connectivity index is 1.69. The molecule has 0 aliphatic heterocycles. The van der Waals surface area contributed by atoms with E-state index in [4.69, 9.17) is 0 Å². The zero-order valence-corrected chi connectivity index (χ0v) is 13.1. The van der Waals surface area contributed by atoms with Gasteiger partial charge in [-0.15, -0.1) is 11.3 Å². The molecule has 4 aromatic rings. The number of aromatic amines is 2. The van der Waals surface area contributed by atoms with Crippen LogP contribution in [0.5, 0.6) is 0 Å². The summed E-state index contributed by atoms with van der Waals surface area (Å²) in [7, 11) is 0. The molecule has 0 bridgehead atoms. The molecule has 0 unspecified atom stereocenters. The molecule has 4 rings (SSSR count). The van der Waals surface area contributed by atoms with Crippen LogP contribution in [0.15, 0.2) is 47.3 Å².